The minimum absolute atomic E-state index is 0.103. The summed E-state index contributed by atoms with van der Waals surface area (Å²) in [6, 6.07) is 20.6. The fraction of sp³-hybridized carbons (Fsp3) is 0.480. The summed E-state index contributed by atoms with van der Waals surface area (Å²) in [5.74, 6) is 0.352. The van der Waals surface area contributed by atoms with Crippen LogP contribution >= 0.6 is 0 Å². The van der Waals surface area contributed by atoms with Crippen molar-refractivity contribution in [2.45, 2.75) is 69.6 Å². The molecule has 1 aliphatic carbocycles. The van der Waals surface area contributed by atoms with Gasteiger partial charge in [-0.05, 0) is 63.5 Å². The second kappa shape index (κ2) is 9.82. The van der Waals surface area contributed by atoms with Gasteiger partial charge in [-0.2, -0.15) is 0 Å². The molecule has 2 aromatic carbocycles. The Bertz CT molecular complexity index is 814. The number of aryl methyl sites for hydroxylation is 1. The summed E-state index contributed by atoms with van der Waals surface area (Å²) in [4.78, 5) is 13.1. The van der Waals surface area contributed by atoms with Crippen LogP contribution < -0.4 is 4.72 Å². The van der Waals surface area contributed by atoms with Gasteiger partial charge in [0.25, 0.3) is 0 Å². The van der Waals surface area contributed by atoms with Crippen LogP contribution in [0.3, 0.4) is 0 Å². The van der Waals surface area contributed by atoms with Gasteiger partial charge in [0.1, 0.15) is 5.78 Å². The highest BCUT2D eigenvalue weighted by Gasteiger charge is 2.39. The second-order valence-electron chi connectivity index (χ2n) is 9.03. The Morgan fingerprint density at radius 3 is 2.28 bits per heavy atom. The molecule has 0 heterocycles. The number of rotatable bonds is 7. The molecule has 156 valence electrons. The molecule has 1 saturated carbocycles. The minimum Gasteiger partial charge on any atom is -0.299 e. The lowest BCUT2D eigenvalue weighted by molar-refractivity contribution is -0.126. The molecule has 0 aromatic heterocycles. The van der Waals surface area contributed by atoms with Gasteiger partial charge in [0, 0.05) is 18.4 Å². The van der Waals surface area contributed by atoms with Crippen LogP contribution in [0.25, 0.3) is 0 Å². The zero-order valence-electron chi connectivity index (χ0n) is 17.8. The van der Waals surface area contributed by atoms with E-state index in [4.69, 9.17) is 0 Å². The SMILES string of the molecule is CC(C)(C)[S@@](=O)N[C@H](CCc1ccccc1)[C@@H]1C(=O)CCC[C@H]1c1ccccc1. The van der Waals surface area contributed by atoms with Gasteiger partial charge < -0.3 is 0 Å². The van der Waals surface area contributed by atoms with E-state index < -0.39 is 11.0 Å². The summed E-state index contributed by atoms with van der Waals surface area (Å²) in [5, 5.41) is 0. The largest absolute Gasteiger partial charge is 0.299 e. The fourth-order valence-electron chi connectivity index (χ4n) is 4.24. The highest BCUT2D eigenvalue weighted by Crippen LogP contribution is 2.39. The molecule has 1 aliphatic rings. The van der Waals surface area contributed by atoms with Crippen LogP contribution in [0, 0.1) is 5.92 Å². The van der Waals surface area contributed by atoms with Crippen LogP contribution in [0.1, 0.15) is 63.5 Å². The third-order valence-electron chi connectivity index (χ3n) is 5.81. The molecule has 0 radical (unpaired) electrons. The van der Waals surface area contributed by atoms with Crippen molar-refractivity contribution >= 4 is 16.8 Å². The van der Waals surface area contributed by atoms with Crippen molar-refractivity contribution in [3.8, 4) is 0 Å². The molecule has 0 aliphatic heterocycles. The average molecular weight is 412 g/mol. The average Bonchev–Trinajstić information content (AvgIpc) is 2.71. The van der Waals surface area contributed by atoms with Gasteiger partial charge in [-0.1, -0.05) is 60.7 Å². The summed E-state index contributed by atoms with van der Waals surface area (Å²) < 4.78 is 16.0. The molecule has 0 amide bonds. The lowest BCUT2D eigenvalue weighted by atomic mass is 9.70. The molecule has 0 bridgehead atoms. The smallest absolute Gasteiger partial charge is 0.138 e. The Labute approximate surface area is 177 Å². The van der Waals surface area contributed by atoms with Gasteiger partial charge in [-0.15, -0.1) is 0 Å². The standard InChI is InChI=1S/C25H33NO2S/c1-25(2,3)29(28)26-22(18-17-19-11-6-4-7-12-19)24-21(15-10-16-23(24)27)20-13-8-5-9-14-20/h4-9,11-14,21-22,24,26H,10,15-18H2,1-3H3/t21-,22+,24+,29+/m0/s1. The Morgan fingerprint density at radius 1 is 1.03 bits per heavy atom. The highest BCUT2D eigenvalue weighted by atomic mass is 32.2. The van der Waals surface area contributed by atoms with E-state index in [0.717, 1.165) is 25.7 Å². The van der Waals surface area contributed by atoms with Gasteiger partial charge >= 0.3 is 0 Å². The molecule has 2 aromatic rings. The molecule has 1 N–H and O–H groups in total. The first-order valence-corrected chi connectivity index (χ1v) is 11.8. The molecular formula is C25H33NO2S. The molecule has 3 nitrogen and oxygen atoms in total. The van der Waals surface area contributed by atoms with Crippen molar-refractivity contribution in [3.63, 3.8) is 0 Å². The molecule has 4 atom stereocenters. The van der Waals surface area contributed by atoms with E-state index >= 15 is 0 Å². The molecule has 29 heavy (non-hydrogen) atoms. The van der Waals surface area contributed by atoms with Crippen molar-refractivity contribution < 1.29 is 9.00 Å². The van der Waals surface area contributed by atoms with E-state index in [1.807, 2.05) is 57.2 Å². The topological polar surface area (TPSA) is 46.2 Å². The van der Waals surface area contributed by atoms with E-state index in [1.54, 1.807) is 0 Å². The number of nitrogens with one attached hydrogen (secondary N) is 1. The quantitative estimate of drug-likeness (QED) is 0.681. The van der Waals surface area contributed by atoms with Crippen molar-refractivity contribution in [2.24, 2.45) is 5.92 Å². The van der Waals surface area contributed by atoms with Gasteiger partial charge in [-0.3, -0.25) is 4.79 Å². The van der Waals surface area contributed by atoms with Gasteiger partial charge in [0.05, 0.1) is 15.7 Å². The second-order valence-corrected chi connectivity index (χ2v) is 11.0. The predicted octanol–water partition coefficient (Wildman–Crippen LogP) is 5.19. The molecule has 0 unspecified atom stereocenters. The molecule has 1 fully saturated rings. The number of ketones is 1. The fourth-order valence-corrected chi connectivity index (χ4v) is 5.13. The van der Waals surface area contributed by atoms with Crippen LogP contribution in [0.15, 0.2) is 60.7 Å². The molecule has 4 heteroatoms. The predicted molar refractivity (Wildman–Crippen MR) is 121 cm³/mol. The normalized spacial score (nSPS) is 22.2. The van der Waals surface area contributed by atoms with E-state index in [-0.39, 0.29) is 22.6 Å². The van der Waals surface area contributed by atoms with Crippen LogP contribution in [0.2, 0.25) is 0 Å². The third kappa shape index (κ3) is 5.86. The minimum atomic E-state index is -1.22. The van der Waals surface area contributed by atoms with Gasteiger partial charge in [-0.25, -0.2) is 8.93 Å². The summed E-state index contributed by atoms with van der Waals surface area (Å²) in [6.07, 6.45) is 4.23. The molecule has 0 saturated heterocycles. The first kappa shape index (κ1) is 21.9. The monoisotopic (exact) mass is 411 g/mol. The molecule has 0 spiro atoms. The molecule has 3 rings (SSSR count). The maximum Gasteiger partial charge on any atom is 0.138 e. The number of hydrogen-bond acceptors (Lipinski definition) is 2. The number of Topliss-reactive ketones (excluding diaryl/α,β-unsaturated/α-hetero) is 1. The third-order valence-corrected chi connectivity index (χ3v) is 7.44. The van der Waals surface area contributed by atoms with E-state index in [2.05, 4.69) is 29.0 Å². The van der Waals surface area contributed by atoms with Crippen LogP contribution in [0.4, 0.5) is 0 Å². The van der Waals surface area contributed by atoms with Gasteiger partial charge in [0.15, 0.2) is 0 Å². The Kier molecular flexibility index (Phi) is 7.42. The number of carbonyl (C=O) groups is 1. The zero-order valence-corrected chi connectivity index (χ0v) is 18.6. The lowest BCUT2D eigenvalue weighted by Gasteiger charge is -2.37. The zero-order chi connectivity index (χ0) is 20.9. The van der Waals surface area contributed by atoms with Crippen molar-refractivity contribution in [3.05, 3.63) is 71.8 Å². The maximum absolute atomic E-state index is 13.1. The van der Waals surface area contributed by atoms with E-state index in [0.29, 0.717) is 12.2 Å². The van der Waals surface area contributed by atoms with Crippen LogP contribution in [-0.4, -0.2) is 20.8 Å². The Morgan fingerprint density at radius 2 is 1.66 bits per heavy atom. The van der Waals surface area contributed by atoms with E-state index in [1.165, 1.54) is 11.1 Å². The Balaban J connectivity index is 1.88. The lowest BCUT2D eigenvalue weighted by Crippen LogP contribution is -2.48. The van der Waals surface area contributed by atoms with Crippen molar-refractivity contribution in [2.75, 3.05) is 0 Å². The number of benzene rings is 2. The number of hydrogen-bond donors (Lipinski definition) is 1. The highest BCUT2D eigenvalue weighted by molar-refractivity contribution is 7.84. The van der Waals surface area contributed by atoms with Gasteiger partial charge in [0.2, 0.25) is 0 Å². The first-order valence-electron chi connectivity index (χ1n) is 10.7. The molecular weight excluding hydrogens is 378 g/mol. The first-order chi connectivity index (χ1) is 13.9. The summed E-state index contributed by atoms with van der Waals surface area (Å²) in [5.41, 5.74) is 2.47. The van der Waals surface area contributed by atoms with Crippen molar-refractivity contribution in [1.82, 2.24) is 4.72 Å². The van der Waals surface area contributed by atoms with E-state index in [9.17, 15) is 9.00 Å². The summed E-state index contributed by atoms with van der Waals surface area (Å²) >= 11 is 0. The number of carbonyl (C=O) groups excluding carboxylic acids is 1. The van der Waals surface area contributed by atoms with Crippen LogP contribution in [0.5, 0.6) is 0 Å². The summed E-state index contributed by atoms with van der Waals surface area (Å²) in [6.45, 7) is 5.92. The Hall–Kier alpha value is -1.78. The maximum atomic E-state index is 13.1. The van der Waals surface area contributed by atoms with Crippen LogP contribution in [-0.2, 0) is 22.2 Å². The van der Waals surface area contributed by atoms with Crippen molar-refractivity contribution in [1.29, 1.82) is 0 Å². The summed E-state index contributed by atoms with van der Waals surface area (Å²) in [7, 11) is -1.22.